The molecule has 194 valence electrons. The van der Waals surface area contributed by atoms with E-state index >= 15 is 0 Å². The molecule has 0 aliphatic carbocycles. The molecule has 4 N–H and O–H groups in total. The Kier molecular flexibility index (Phi) is 7.73. The highest BCUT2D eigenvalue weighted by Crippen LogP contribution is 2.25. The molecule has 9 heteroatoms. The number of amides is 2. The maximum Gasteiger partial charge on any atom is 0.240 e. The second kappa shape index (κ2) is 11.0. The fourth-order valence-corrected chi connectivity index (χ4v) is 4.09. The van der Waals surface area contributed by atoms with Crippen molar-refractivity contribution in [2.45, 2.75) is 33.7 Å². The first-order chi connectivity index (χ1) is 17.6. The SMILES string of the molecule is CC(N)C(=O)Nc1ccc(-c2ccnc(Nc3ccc(N4CCN(C(=O)C(C)(C)C)CC4)cc3)n2)cc1. The van der Waals surface area contributed by atoms with Crippen molar-refractivity contribution in [1.29, 1.82) is 0 Å². The maximum atomic E-state index is 12.5. The van der Waals surface area contributed by atoms with Crippen molar-refractivity contribution in [2.24, 2.45) is 11.1 Å². The molecule has 1 aliphatic heterocycles. The minimum atomic E-state index is -0.571. The lowest BCUT2D eigenvalue weighted by atomic mass is 9.94. The van der Waals surface area contributed by atoms with Gasteiger partial charge in [-0.1, -0.05) is 32.9 Å². The van der Waals surface area contributed by atoms with E-state index in [9.17, 15) is 9.59 Å². The molecular weight excluding hydrogens is 466 g/mol. The average Bonchev–Trinajstić information content (AvgIpc) is 2.89. The lowest BCUT2D eigenvalue weighted by molar-refractivity contribution is -0.139. The molecule has 9 nitrogen and oxygen atoms in total. The number of piperazine rings is 1. The summed E-state index contributed by atoms with van der Waals surface area (Å²) >= 11 is 0. The van der Waals surface area contributed by atoms with E-state index in [-0.39, 0.29) is 17.2 Å². The third-order valence-electron chi connectivity index (χ3n) is 6.21. The summed E-state index contributed by atoms with van der Waals surface area (Å²) in [5.74, 6) is 0.469. The minimum Gasteiger partial charge on any atom is -0.368 e. The van der Waals surface area contributed by atoms with Crippen molar-refractivity contribution in [2.75, 3.05) is 41.7 Å². The van der Waals surface area contributed by atoms with Crippen LogP contribution in [0, 0.1) is 5.41 Å². The number of rotatable bonds is 6. The number of hydrogen-bond acceptors (Lipinski definition) is 7. The first-order valence-corrected chi connectivity index (χ1v) is 12.5. The van der Waals surface area contributed by atoms with Gasteiger partial charge in [-0.25, -0.2) is 9.97 Å². The molecule has 1 unspecified atom stereocenters. The van der Waals surface area contributed by atoms with Gasteiger partial charge in [0.15, 0.2) is 0 Å². The topological polar surface area (TPSA) is 116 Å². The van der Waals surface area contributed by atoms with Crippen molar-refractivity contribution >= 4 is 34.8 Å². The molecule has 0 radical (unpaired) electrons. The Morgan fingerprint density at radius 3 is 2.14 bits per heavy atom. The number of carbonyl (C=O) groups is 2. The number of anilines is 4. The Hall–Kier alpha value is -3.98. The summed E-state index contributed by atoms with van der Waals surface area (Å²) in [7, 11) is 0. The van der Waals surface area contributed by atoms with Crippen LogP contribution in [-0.2, 0) is 9.59 Å². The van der Waals surface area contributed by atoms with Gasteiger partial charge in [0.2, 0.25) is 17.8 Å². The van der Waals surface area contributed by atoms with Gasteiger partial charge in [0, 0.05) is 60.4 Å². The van der Waals surface area contributed by atoms with Gasteiger partial charge < -0.3 is 26.2 Å². The number of nitrogens with one attached hydrogen (secondary N) is 2. The van der Waals surface area contributed by atoms with Crippen LogP contribution in [0.5, 0.6) is 0 Å². The van der Waals surface area contributed by atoms with E-state index < -0.39 is 6.04 Å². The fraction of sp³-hybridized carbons (Fsp3) is 0.357. The summed E-state index contributed by atoms with van der Waals surface area (Å²) in [6, 6.07) is 16.9. The summed E-state index contributed by atoms with van der Waals surface area (Å²) in [6.07, 6.45) is 1.71. The predicted octanol–water partition coefficient (Wildman–Crippen LogP) is 3.87. The summed E-state index contributed by atoms with van der Waals surface area (Å²) in [5.41, 5.74) is 9.62. The van der Waals surface area contributed by atoms with Crippen molar-refractivity contribution in [3.05, 3.63) is 60.8 Å². The van der Waals surface area contributed by atoms with Gasteiger partial charge in [0.1, 0.15) is 0 Å². The van der Waals surface area contributed by atoms with Crippen LogP contribution in [0.4, 0.5) is 23.0 Å². The van der Waals surface area contributed by atoms with Crippen LogP contribution in [0.15, 0.2) is 60.8 Å². The highest BCUT2D eigenvalue weighted by Gasteiger charge is 2.29. The average molecular weight is 502 g/mol. The van der Waals surface area contributed by atoms with E-state index in [1.54, 1.807) is 13.1 Å². The molecule has 37 heavy (non-hydrogen) atoms. The Balaban J connectivity index is 1.36. The van der Waals surface area contributed by atoms with E-state index in [2.05, 4.69) is 37.6 Å². The molecule has 4 rings (SSSR count). The number of hydrogen-bond donors (Lipinski definition) is 3. The summed E-state index contributed by atoms with van der Waals surface area (Å²) < 4.78 is 0. The van der Waals surface area contributed by atoms with E-state index in [4.69, 9.17) is 5.73 Å². The Labute approximate surface area is 218 Å². The molecule has 2 aromatic carbocycles. The normalized spacial score (nSPS) is 14.7. The van der Waals surface area contributed by atoms with Gasteiger partial charge in [0.05, 0.1) is 11.7 Å². The monoisotopic (exact) mass is 501 g/mol. The van der Waals surface area contributed by atoms with E-state index in [0.717, 1.165) is 48.8 Å². The molecule has 1 saturated heterocycles. The third-order valence-corrected chi connectivity index (χ3v) is 6.21. The number of benzene rings is 2. The smallest absolute Gasteiger partial charge is 0.240 e. The van der Waals surface area contributed by atoms with E-state index in [0.29, 0.717) is 11.6 Å². The number of carbonyl (C=O) groups excluding carboxylic acids is 2. The standard InChI is InChI=1S/C28H35N7O2/c1-19(29)25(36)31-21-7-5-20(6-8-21)24-13-14-30-27(33-24)32-22-9-11-23(12-10-22)34-15-17-35(18-16-34)26(37)28(2,3)4/h5-14,19H,15-18,29H2,1-4H3,(H,31,36)(H,30,32,33). The van der Waals surface area contributed by atoms with Crippen LogP contribution >= 0.6 is 0 Å². The van der Waals surface area contributed by atoms with Gasteiger partial charge in [-0.05, 0) is 49.4 Å². The molecule has 0 bridgehead atoms. The fourth-order valence-electron chi connectivity index (χ4n) is 4.09. The summed E-state index contributed by atoms with van der Waals surface area (Å²) in [5, 5.41) is 6.04. The molecule has 1 aliphatic rings. The Morgan fingerprint density at radius 2 is 1.54 bits per heavy atom. The molecule has 2 amide bonds. The van der Waals surface area contributed by atoms with Crippen molar-refractivity contribution < 1.29 is 9.59 Å². The third kappa shape index (κ3) is 6.62. The van der Waals surface area contributed by atoms with Gasteiger partial charge in [-0.3, -0.25) is 9.59 Å². The maximum absolute atomic E-state index is 12.5. The minimum absolute atomic E-state index is 0.206. The van der Waals surface area contributed by atoms with Crippen molar-refractivity contribution in [3.8, 4) is 11.3 Å². The number of nitrogens with zero attached hydrogens (tertiary/aromatic N) is 4. The van der Waals surface area contributed by atoms with Crippen LogP contribution in [0.3, 0.4) is 0 Å². The second-order valence-corrected chi connectivity index (χ2v) is 10.3. The van der Waals surface area contributed by atoms with Crippen LogP contribution < -0.4 is 21.3 Å². The second-order valence-electron chi connectivity index (χ2n) is 10.3. The Morgan fingerprint density at radius 1 is 0.919 bits per heavy atom. The van der Waals surface area contributed by atoms with Crippen LogP contribution in [0.2, 0.25) is 0 Å². The zero-order valence-electron chi connectivity index (χ0n) is 21.9. The predicted molar refractivity (Wildman–Crippen MR) is 148 cm³/mol. The van der Waals surface area contributed by atoms with Gasteiger partial charge >= 0.3 is 0 Å². The Bertz CT molecular complexity index is 1230. The van der Waals surface area contributed by atoms with E-state index in [1.165, 1.54) is 0 Å². The molecule has 2 heterocycles. The molecule has 1 aromatic heterocycles. The van der Waals surface area contributed by atoms with Crippen LogP contribution in [-0.4, -0.2) is 58.9 Å². The zero-order valence-corrected chi connectivity index (χ0v) is 21.9. The van der Waals surface area contributed by atoms with Gasteiger partial charge in [-0.15, -0.1) is 0 Å². The number of nitrogens with two attached hydrogens (primary N) is 1. The molecule has 3 aromatic rings. The van der Waals surface area contributed by atoms with Gasteiger partial charge in [0.25, 0.3) is 0 Å². The quantitative estimate of drug-likeness (QED) is 0.469. The van der Waals surface area contributed by atoms with Crippen LogP contribution in [0.25, 0.3) is 11.3 Å². The largest absolute Gasteiger partial charge is 0.368 e. The molecule has 0 spiro atoms. The van der Waals surface area contributed by atoms with Crippen molar-refractivity contribution in [1.82, 2.24) is 14.9 Å². The van der Waals surface area contributed by atoms with E-state index in [1.807, 2.05) is 68.1 Å². The molecular formula is C28H35N7O2. The highest BCUT2D eigenvalue weighted by atomic mass is 16.2. The van der Waals surface area contributed by atoms with Crippen LogP contribution in [0.1, 0.15) is 27.7 Å². The zero-order chi connectivity index (χ0) is 26.6. The molecule has 1 fully saturated rings. The molecule has 0 saturated carbocycles. The first kappa shape index (κ1) is 26.1. The lowest BCUT2D eigenvalue weighted by Gasteiger charge is -2.38. The first-order valence-electron chi connectivity index (χ1n) is 12.5. The highest BCUT2D eigenvalue weighted by molar-refractivity contribution is 5.94. The summed E-state index contributed by atoms with van der Waals surface area (Å²) in [6.45, 7) is 10.6. The van der Waals surface area contributed by atoms with Crippen molar-refractivity contribution in [3.63, 3.8) is 0 Å². The summed E-state index contributed by atoms with van der Waals surface area (Å²) in [4.78, 5) is 37.6. The van der Waals surface area contributed by atoms with Gasteiger partial charge in [-0.2, -0.15) is 0 Å². The number of aromatic nitrogens is 2. The lowest BCUT2D eigenvalue weighted by Crippen LogP contribution is -2.51. The molecule has 1 atom stereocenters.